The largest absolute Gasteiger partial charge is 0.496 e. The van der Waals surface area contributed by atoms with E-state index >= 15 is 0 Å². The molecule has 2 aliphatic heterocycles. The average molecular weight is 575 g/mol. The van der Waals surface area contributed by atoms with Crippen LogP contribution in [-0.4, -0.2) is 59.5 Å². The molecule has 9 nitrogen and oxygen atoms in total. The number of carbonyl (C=O) groups is 1. The third kappa shape index (κ3) is 4.67. The SMILES string of the molecule is COc1cc(/C=C2\[C@@H]3NC(Cc4c(OC)c(C)c(OC)c(OC)c43)C(=O)N2Cc2ccccc2)c(OC)c(C)c1OC. The van der Waals surface area contributed by atoms with Crippen molar-refractivity contribution in [2.75, 3.05) is 42.7 Å². The Bertz CT molecular complexity index is 1530. The Hall–Kier alpha value is -4.37. The highest BCUT2D eigenvalue weighted by Gasteiger charge is 2.46. The summed E-state index contributed by atoms with van der Waals surface area (Å²) in [5, 5.41) is 3.60. The van der Waals surface area contributed by atoms with Gasteiger partial charge in [-0.3, -0.25) is 10.1 Å². The number of benzene rings is 3. The zero-order valence-electron chi connectivity index (χ0n) is 25.4. The first kappa shape index (κ1) is 29.1. The minimum atomic E-state index is -0.455. The number of fused-ring (bicyclic) bond motifs is 4. The molecule has 0 radical (unpaired) electrons. The summed E-state index contributed by atoms with van der Waals surface area (Å²) in [5.74, 6) is 3.64. The van der Waals surface area contributed by atoms with Crippen LogP contribution >= 0.6 is 0 Å². The number of methoxy groups -OCH3 is 6. The highest BCUT2D eigenvalue weighted by molar-refractivity contribution is 5.89. The summed E-state index contributed by atoms with van der Waals surface area (Å²) in [6.45, 7) is 4.25. The van der Waals surface area contributed by atoms with Gasteiger partial charge in [-0.05, 0) is 31.6 Å². The van der Waals surface area contributed by atoms with Gasteiger partial charge in [0.2, 0.25) is 5.91 Å². The monoisotopic (exact) mass is 574 g/mol. The summed E-state index contributed by atoms with van der Waals surface area (Å²) in [7, 11) is 9.72. The van der Waals surface area contributed by atoms with E-state index in [1.165, 1.54) is 0 Å². The lowest BCUT2D eigenvalue weighted by Gasteiger charge is -2.45. The molecule has 3 aromatic carbocycles. The number of hydrogen-bond acceptors (Lipinski definition) is 8. The molecular weight excluding hydrogens is 536 g/mol. The smallest absolute Gasteiger partial charge is 0.244 e. The summed E-state index contributed by atoms with van der Waals surface area (Å²) < 4.78 is 34.9. The van der Waals surface area contributed by atoms with Crippen molar-refractivity contribution in [2.24, 2.45) is 0 Å². The van der Waals surface area contributed by atoms with Crippen LogP contribution in [0.25, 0.3) is 6.08 Å². The number of piperazine rings is 1. The van der Waals surface area contributed by atoms with Crippen LogP contribution in [-0.2, 0) is 17.8 Å². The molecule has 9 heteroatoms. The molecule has 1 amide bonds. The van der Waals surface area contributed by atoms with Gasteiger partial charge in [-0.15, -0.1) is 0 Å². The van der Waals surface area contributed by atoms with Gasteiger partial charge in [-0.1, -0.05) is 30.3 Å². The molecule has 2 heterocycles. The van der Waals surface area contributed by atoms with Gasteiger partial charge in [0, 0.05) is 39.9 Å². The Morgan fingerprint density at radius 2 is 1.43 bits per heavy atom. The van der Waals surface area contributed by atoms with Gasteiger partial charge in [0.15, 0.2) is 23.0 Å². The normalized spacial score (nSPS) is 18.4. The lowest BCUT2D eigenvalue weighted by atomic mass is 9.81. The molecule has 1 N–H and O–H groups in total. The molecule has 3 aromatic rings. The number of amides is 1. The minimum absolute atomic E-state index is 0.0299. The zero-order valence-corrected chi connectivity index (χ0v) is 25.4. The van der Waals surface area contributed by atoms with Crippen LogP contribution in [0.15, 0.2) is 42.1 Å². The van der Waals surface area contributed by atoms with Gasteiger partial charge in [-0.25, -0.2) is 0 Å². The lowest BCUT2D eigenvalue weighted by molar-refractivity contribution is -0.135. The zero-order chi connectivity index (χ0) is 30.1. The van der Waals surface area contributed by atoms with Crippen molar-refractivity contribution >= 4 is 12.0 Å². The van der Waals surface area contributed by atoms with E-state index in [2.05, 4.69) is 5.32 Å². The van der Waals surface area contributed by atoms with Crippen LogP contribution in [0.3, 0.4) is 0 Å². The second kappa shape index (κ2) is 11.9. The third-order valence-corrected chi connectivity index (χ3v) is 8.15. The minimum Gasteiger partial charge on any atom is -0.496 e. The van der Waals surface area contributed by atoms with Gasteiger partial charge in [0.1, 0.15) is 11.5 Å². The maximum Gasteiger partial charge on any atom is 0.244 e. The third-order valence-electron chi connectivity index (χ3n) is 8.15. The van der Waals surface area contributed by atoms with Crippen molar-refractivity contribution in [1.82, 2.24) is 10.2 Å². The van der Waals surface area contributed by atoms with E-state index in [1.54, 1.807) is 42.7 Å². The van der Waals surface area contributed by atoms with E-state index in [1.807, 2.05) is 61.2 Å². The second-order valence-corrected chi connectivity index (χ2v) is 10.3. The molecule has 1 fully saturated rings. The summed E-state index contributed by atoms with van der Waals surface area (Å²) in [4.78, 5) is 16.1. The molecule has 1 unspecified atom stereocenters. The first-order valence-electron chi connectivity index (χ1n) is 13.8. The van der Waals surface area contributed by atoms with Crippen LogP contribution in [0.2, 0.25) is 0 Å². The standard InChI is InChI=1S/C33H38N2O7/c1-18-28(38-4)21(15-25(37-3)30(18)40-6)14-24-27-26-22(29(39-5)19(2)31(41-7)32(26)42-8)16-23(34-27)33(36)35(24)17-20-12-10-9-11-13-20/h9-15,23,27,34H,16-17H2,1-8H3/b24-14+/t23?,27-/m0/s1. The molecule has 5 rings (SSSR count). The number of hydrogen-bond donors (Lipinski definition) is 1. The van der Waals surface area contributed by atoms with Crippen LogP contribution in [0.1, 0.15) is 39.4 Å². The van der Waals surface area contributed by atoms with Crippen molar-refractivity contribution in [3.05, 3.63) is 75.5 Å². The van der Waals surface area contributed by atoms with Crippen LogP contribution < -0.4 is 33.7 Å². The Morgan fingerprint density at radius 1 is 0.810 bits per heavy atom. The van der Waals surface area contributed by atoms with Gasteiger partial charge < -0.3 is 33.3 Å². The Kier molecular flexibility index (Phi) is 8.22. The predicted octanol–water partition coefficient (Wildman–Crippen LogP) is 4.99. The van der Waals surface area contributed by atoms with Crippen LogP contribution in [0.5, 0.6) is 34.5 Å². The molecule has 0 aromatic heterocycles. The van der Waals surface area contributed by atoms with Gasteiger partial charge >= 0.3 is 0 Å². The quantitative estimate of drug-likeness (QED) is 0.383. The molecule has 222 valence electrons. The van der Waals surface area contributed by atoms with E-state index in [-0.39, 0.29) is 5.91 Å². The van der Waals surface area contributed by atoms with E-state index in [0.29, 0.717) is 47.5 Å². The number of nitrogens with zero attached hydrogens (tertiary/aromatic N) is 1. The molecule has 2 bridgehead atoms. The van der Waals surface area contributed by atoms with Crippen molar-refractivity contribution in [1.29, 1.82) is 0 Å². The maximum absolute atomic E-state index is 14.2. The summed E-state index contributed by atoms with van der Waals surface area (Å²) in [5.41, 5.74) is 5.90. The van der Waals surface area contributed by atoms with Crippen LogP contribution in [0, 0.1) is 13.8 Å². The fraction of sp³-hybridized carbons (Fsp3) is 0.364. The van der Waals surface area contributed by atoms with Crippen LogP contribution in [0.4, 0.5) is 0 Å². The van der Waals surface area contributed by atoms with E-state index in [0.717, 1.165) is 39.1 Å². The number of rotatable bonds is 9. The fourth-order valence-corrected chi connectivity index (χ4v) is 6.34. The van der Waals surface area contributed by atoms with Gasteiger partial charge in [0.25, 0.3) is 0 Å². The van der Waals surface area contributed by atoms with Gasteiger partial charge in [-0.2, -0.15) is 0 Å². The molecular formula is C33H38N2O7. The van der Waals surface area contributed by atoms with Crippen molar-refractivity contribution in [3.8, 4) is 34.5 Å². The lowest BCUT2D eigenvalue weighted by Crippen LogP contribution is -2.57. The van der Waals surface area contributed by atoms with Crippen molar-refractivity contribution < 1.29 is 33.2 Å². The van der Waals surface area contributed by atoms with Crippen molar-refractivity contribution in [2.45, 2.75) is 38.9 Å². The highest BCUT2D eigenvalue weighted by Crippen LogP contribution is 2.52. The Labute approximate surface area is 246 Å². The number of carbonyl (C=O) groups excluding carboxylic acids is 1. The van der Waals surface area contributed by atoms with E-state index in [4.69, 9.17) is 28.4 Å². The molecule has 0 spiro atoms. The predicted molar refractivity (Wildman–Crippen MR) is 160 cm³/mol. The van der Waals surface area contributed by atoms with Gasteiger partial charge in [0.05, 0.1) is 61.3 Å². The first-order valence-corrected chi connectivity index (χ1v) is 13.8. The number of nitrogens with one attached hydrogen (secondary N) is 1. The average Bonchev–Trinajstić information content (AvgIpc) is 3.01. The fourth-order valence-electron chi connectivity index (χ4n) is 6.34. The molecule has 2 aliphatic rings. The summed E-state index contributed by atoms with van der Waals surface area (Å²) in [6, 6.07) is 11.0. The second-order valence-electron chi connectivity index (χ2n) is 10.3. The molecule has 1 saturated heterocycles. The highest BCUT2D eigenvalue weighted by atomic mass is 16.5. The Morgan fingerprint density at radius 3 is 2.02 bits per heavy atom. The maximum atomic E-state index is 14.2. The van der Waals surface area contributed by atoms with E-state index in [9.17, 15) is 4.79 Å². The molecule has 42 heavy (non-hydrogen) atoms. The van der Waals surface area contributed by atoms with Crippen molar-refractivity contribution in [3.63, 3.8) is 0 Å². The topological polar surface area (TPSA) is 87.7 Å². The summed E-state index contributed by atoms with van der Waals surface area (Å²) >= 11 is 0. The van der Waals surface area contributed by atoms with E-state index < -0.39 is 12.1 Å². The number of ether oxygens (including phenoxy) is 6. The Balaban J connectivity index is 1.81. The molecule has 2 atom stereocenters. The molecule has 0 aliphatic carbocycles. The molecule has 0 saturated carbocycles. The first-order chi connectivity index (χ1) is 20.3. The summed E-state index contributed by atoms with van der Waals surface area (Å²) in [6.07, 6.45) is 2.43.